The van der Waals surface area contributed by atoms with E-state index in [1.54, 1.807) is 7.11 Å². The van der Waals surface area contributed by atoms with Crippen molar-refractivity contribution in [3.63, 3.8) is 0 Å². The Morgan fingerprint density at radius 1 is 1.11 bits per heavy atom. The van der Waals surface area contributed by atoms with Crippen LogP contribution in [0.1, 0.15) is 24.2 Å². The molecule has 4 rings (SSSR count). The first-order chi connectivity index (χ1) is 16.8. The fraction of sp³-hybridized carbons (Fsp3) is 0.360. The average Bonchev–Trinajstić information content (AvgIpc) is 3.21. The Kier molecular flexibility index (Phi) is 9.55. The lowest BCUT2D eigenvalue weighted by atomic mass is 10.1. The van der Waals surface area contributed by atoms with Gasteiger partial charge in [-0.2, -0.15) is 0 Å². The van der Waals surface area contributed by atoms with Crippen LogP contribution in [0.15, 0.2) is 48.5 Å². The Morgan fingerprint density at radius 2 is 1.80 bits per heavy atom. The molecule has 0 saturated heterocycles. The summed E-state index contributed by atoms with van der Waals surface area (Å²) in [6, 6.07) is 16.3. The summed E-state index contributed by atoms with van der Waals surface area (Å²) in [5.74, 6) is 2.36. The zero-order chi connectivity index (χ0) is 25.4. The Morgan fingerprint density at radius 3 is 2.43 bits per heavy atom. The highest BCUT2D eigenvalue weighted by Crippen LogP contribution is 2.30. The van der Waals surface area contributed by atoms with E-state index >= 15 is 0 Å². The highest BCUT2D eigenvalue weighted by molar-refractivity contribution is 7.76. The molecule has 0 radical (unpaired) electrons. The Labute approximate surface area is 208 Å². The number of pyridine rings is 1. The number of aryl methyl sites for hydroxylation is 1. The van der Waals surface area contributed by atoms with Crippen LogP contribution in [0, 0.1) is 0 Å². The van der Waals surface area contributed by atoms with Crippen molar-refractivity contribution in [2.24, 2.45) is 0 Å². The third-order valence-corrected chi connectivity index (χ3v) is 6.16. The fourth-order valence-corrected chi connectivity index (χ4v) is 3.78. The Bertz CT molecular complexity index is 1270. The molecule has 0 aliphatic carbocycles. The summed E-state index contributed by atoms with van der Waals surface area (Å²) in [5.41, 5.74) is 10.3. The zero-order valence-electron chi connectivity index (χ0n) is 20.7. The van der Waals surface area contributed by atoms with E-state index in [-0.39, 0.29) is 0 Å². The Hall–Kier alpha value is -3.05. The molecule has 0 amide bonds. The van der Waals surface area contributed by atoms with E-state index in [2.05, 4.69) is 33.1 Å². The lowest BCUT2D eigenvalue weighted by Crippen LogP contribution is -2.13. The predicted molar refractivity (Wildman–Crippen MR) is 141 cm³/mol. The minimum Gasteiger partial charge on any atom is -0.760 e. The molecule has 188 valence electrons. The molecule has 0 saturated carbocycles. The number of nitrogen functional groups attached to an aromatic ring is 1. The van der Waals surface area contributed by atoms with Gasteiger partial charge in [0, 0.05) is 29.6 Å². The van der Waals surface area contributed by atoms with Gasteiger partial charge in [-0.1, -0.05) is 30.3 Å². The summed E-state index contributed by atoms with van der Waals surface area (Å²) >= 11 is -2.03. The number of para-hydroxylation sites is 1. The summed E-state index contributed by atoms with van der Waals surface area (Å²) in [6.45, 7) is 1.90. The van der Waals surface area contributed by atoms with Gasteiger partial charge >= 0.3 is 0 Å². The number of fused-ring (bicyclic) bond motifs is 3. The van der Waals surface area contributed by atoms with Gasteiger partial charge in [-0.3, -0.25) is 4.21 Å². The van der Waals surface area contributed by atoms with Crippen molar-refractivity contribution in [2.45, 2.75) is 25.8 Å². The van der Waals surface area contributed by atoms with Crippen molar-refractivity contribution in [3.05, 3.63) is 59.9 Å². The second-order valence-electron chi connectivity index (χ2n) is 8.26. The van der Waals surface area contributed by atoms with Crippen molar-refractivity contribution >= 4 is 39.0 Å². The number of hydrogen-bond acceptors (Lipinski definition) is 7. The van der Waals surface area contributed by atoms with Crippen molar-refractivity contribution in [1.82, 2.24) is 24.2 Å². The highest BCUT2D eigenvalue weighted by Gasteiger charge is 2.17. The minimum absolute atomic E-state index is 0.489. The lowest BCUT2D eigenvalue weighted by Gasteiger charge is -2.11. The second kappa shape index (κ2) is 12.6. The quantitative estimate of drug-likeness (QED) is 0.269. The smallest absolute Gasteiger partial charge is 0.152 e. The maximum absolute atomic E-state index is 9.62. The van der Waals surface area contributed by atoms with Crippen LogP contribution in [0.3, 0.4) is 0 Å². The average molecular weight is 498 g/mol. The Balaban J connectivity index is 0.000000509. The van der Waals surface area contributed by atoms with Gasteiger partial charge in [0.15, 0.2) is 5.82 Å². The SMILES string of the molecule is CN(C)S(=O)[O-].CNCCCCn1c(Cc2ccc(OC)cc2)nc2c(N)nc3ccccc3c21. The molecule has 0 aliphatic rings. The van der Waals surface area contributed by atoms with E-state index in [1.807, 2.05) is 37.4 Å². The molecule has 4 aromatic rings. The highest BCUT2D eigenvalue weighted by atomic mass is 32.2. The summed E-state index contributed by atoms with van der Waals surface area (Å²) in [4.78, 5) is 9.50. The maximum Gasteiger partial charge on any atom is 0.152 e. The maximum atomic E-state index is 9.62. The molecule has 0 fully saturated rings. The first-order valence-electron chi connectivity index (χ1n) is 11.4. The molecule has 3 N–H and O–H groups in total. The van der Waals surface area contributed by atoms with Gasteiger partial charge < -0.3 is 24.9 Å². The molecule has 2 heterocycles. The molecule has 2 aromatic carbocycles. The van der Waals surface area contributed by atoms with Crippen LogP contribution in [-0.2, 0) is 24.2 Å². The molecule has 0 spiro atoms. The molecule has 10 heteroatoms. The number of nitrogens with one attached hydrogen (secondary N) is 1. The minimum atomic E-state index is -2.03. The van der Waals surface area contributed by atoms with Gasteiger partial charge in [-0.25, -0.2) is 14.3 Å². The number of unbranched alkanes of at least 4 members (excludes halogenated alkanes) is 1. The molecule has 0 aliphatic heterocycles. The lowest BCUT2D eigenvalue weighted by molar-refractivity contribution is 0.414. The monoisotopic (exact) mass is 497 g/mol. The summed E-state index contributed by atoms with van der Waals surface area (Å²) < 4.78 is 27.9. The topological polar surface area (TPSA) is 121 Å². The van der Waals surface area contributed by atoms with Gasteiger partial charge in [0.05, 0.1) is 18.1 Å². The molecule has 0 bridgehead atoms. The number of rotatable bonds is 9. The summed E-state index contributed by atoms with van der Waals surface area (Å²) in [5, 5.41) is 4.32. The molecule has 9 nitrogen and oxygen atoms in total. The van der Waals surface area contributed by atoms with Crippen LogP contribution in [0.4, 0.5) is 5.82 Å². The van der Waals surface area contributed by atoms with Crippen LogP contribution < -0.4 is 15.8 Å². The van der Waals surface area contributed by atoms with Crippen molar-refractivity contribution in [1.29, 1.82) is 0 Å². The largest absolute Gasteiger partial charge is 0.760 e. The zero-order valence-corrected chi connectivity index (χ0v) is 21.5. The number of nitrogens with zero attached hydrogens (tertiary/aromatic N) is 4. The summed E-state index contributed by atoms with van der Waals surface area (Å²) in [7, 11) is 6.59. The number of nitrogens with two attached hydrogens (primary N) is 1. The van der Waals surface area contributed by atoms with E-state index in [4.69, 9.17) is 15.5 Å². The second-order valence-corrected chi connectivity index (χ2v) is 9.42. The van der Waals surface area contributed by atoms with Crippen molar-refractivity contribution < 1.29 is 13.5 Å². The fourth-order valence-electron chi connectivity index (χ4n) is 3.78. The molecule has 35 heavy (non-hydrogen) atoms. The van der Waals surface area contributed by atoms with E-state index in [1.165, 1.54) is 19.7 Å². The van der Waals surface area contributed by atoms with E-state index in [9.17, 15) is 8.76 Å². The number of hydrogen-bond donors (Lipinski definition) is 2. The van der Waals surface area contributed by atoms with Gasteiger partial charge in [0.25, 0.3) is 0 Å². The number of anilines is 1. The van der Waals surface area contributed by atoms with Gasteiger partial charge in [0.2, 0.25) is 0 Å². The van der Waals surface area contributed by atoms with Crippen LogP contribution >= 0.6 is 0 Å². The van der Waals surface area contributed by atoms with Crippen LogP contribution in [-0.4, -0.2) is 62.4 Å². The predicted octanol–water partition coefficient (Wildman–Crippen LogP) is 3.11. The van der Waals surface area contributed by atoms with E-state index in [0.717, 1.165) is 70.2 Å². The standard InChI is InChI=1S/C23H27N5O.C2H7NO2S/c1-25-13-5-6-14-28-20(15-16-9-11-17(29-2)12-10-16)27-21-22(28)18-7-3-4-8-19(18)26-23(21)24;1-3(2)6(4)5/h3-4,7-12,25H,5-6,13-15H2,1-2H3,(H2,24,26);1-2H3,(H,4,5)/p-1. The molecule has 1 atom stereocenters. The summed E-state index contributed by atoms with van der Waals surface area (Å²) in [6.07, 6.45) is 2.91. The first-order valence-corrected chi connectivity index (χ1v) is 12.5. The van der Waals surface area contributed by atoms with Gasteiger partial charge in [-0.05, 0) is 64.3 Å². The number of aromatic nitrogens is 3. The number of imidazole rings is 1. The van der Waals surface area contributed by atoms with Crippen LogP contribution in [0.5, 0.6) is 5.75 Å². The van der Waals surface area contributed by atoms with Crippen molar-refractivity contribution in [3.8, 4) is 5.75 Å². The van der Waals surface area contributed by atoms with Gasteiger partial charge in [-0.15, -0.1) is 0 Å². The molecular weight excluding hydrogens is 464 g/mol. The first kappa shape index (κ1) is 26.6. The molecular formula is C25H33N6O3S-. The third kappa shape index (κ3) is 6.76. The number of ether oxygens (including phenoxy) is 1. The van der Waals surface area contributed by atoms with E-state index < -0.39 is 11.3 Å². The van der Waals surface area contributed by atoms with Crippen molar-refractivity contribution in [2.75, 3.05) is 40.5 Å². The van der Waals surface area contributed by atoms with Crippen LogP contribution in [0.2, 0.25) is 0 Å². The van der Waals surface area contributed by atoms with Gasteiger partial charge in [0.1, 0.15) is 17.1 Å². The van der Waals surface area contributed by atoms with Crippen LogP contribution in [0.25, 0.3) is 21.9 Å². The number of benzene rings is 2. The normalized spacial score (nSPS) is 12.1. The number of methoxy groups -OCH3 is 1. The molecule has 2 aromatic heterocycles. The molecule has 1 unspecified atom stereocenters. The van der Waals surface area contributed by atoms with E-state index in [0.29, 0.717) is 5.82 Å². The third-order valence-electron chi connectivity index (χ3n) is 5.57.